The van der Waals surface area contributed by atoms with E-state index in [1.54, 1.807) is 7.05 Å². The molecule has 0 aromatic heterocycles. The molecule has 2 N–H and O–H groups in total. The number of hydrogen-bond acceptors (Lipinski definition) is 1. The maximum atomic E-state index is 5.95. The molecule has 0 amide bonds. The van der Waals surface area contributed by atoms with Crippen LogP contribution >= 0.6 is 35.6 Å². The molecule has 0 aliphatic rings. The zero-order valence-electron chi connectivity index (χ0n) is 12.0. The van der Waals surface area contributed by atoms with E-state index in [0.717, 1.165) is 36.9 Å². The summed E-state index contributed by atoms with van der Waals surface area (Å²) in [6.07, 6.45) is 6.12. The normalized spacial score (nSPS) is 11.2. The largest absolute Gasteiger partial charge is 0.356 e. The Balaban J connectivity index is 0.00000361. The summed E-state index contributed by atoms with van der Waals surface area (Å²) >= 11 is 5.95. The summed E-state index contributed by atoms with van der Waals surface area (Å²) in [4.78, 5) is 4.18. The van der Waals surface area contributed by atoms with Crippen LogP contribution in [-0.2, 0) is 6.42 Å². The van der Waals surface area contributed by atoms with Gasteiger partial charge in [0.15, 0.2) is 5.96 Å². The lowest BCUT2D eigenvalue weighted by Crippen LogP contribution is -2.38. The number of benzene rings is 1. The molecule has 0 heterocycles. The van der Waals surface area contributed by atoms with Crippen LogP contribution < -0.4 is 10.6 Å². The molecule has 0 aliphatic carbocycles. The molecular formula is C15H23ClIN3. The molecule has 0 aliphatic heterocycles. The minimum absolute atomic E-state index is 0. The van der Waals surface area contributed by atoms with Gasteiger partial charge >= 0.3 is 0 Å². The van der Waals surface area contributed by atoms with Crippen molar-refractivity contribution in [2.24, 2.45) is 4.99 Å². The van der Waals surface area contributed by atoms with Crippen molar-refractivity contribution in [3.05, 3.63) is 47.0 Å². The van der Waals surface area contributed by atoms with Crippen LogP contribution in [0.25, 0.3) is 0 Å². The highest BCUT2D eigenvalue weighted by Gasteiger charge is 1.97. The summed E-state index contributed by atoms with van der Waals surface area (Å²) in [5, 5.41) is 7.33. The number of guanidine groups is 1. The molecule has 5 heteroatoms. The maximum absolute atomic E-state index is 5.95. The van der Waals surface area contributed by atoms with E-state index in [1.807, 2.05) is 25.1 Å². The fourth-order valence-corrected chi connectivity index (χ4v) is 1.89. The summed E-state index contributed by atoms with van der Waals surface area (Å²) in [5.41, 5.74) is 1.23. The van der Waals surface area contributed by atoms with Crippen molar-refractivity contribution in [3.8, 4) is 0 Å². The maximum Gasteiger partial charge on any atom is 0.190 e. The smallest absolute Gasteiger partial charge is 0.190 e. The summed E-state index contributed by atoms with van der Waals surface area (Å²) in [7, 11) is 1.78. The second kappa shape index (κ2) is 12.0. The first kappa shape index (κ1) is 19.2. The average molecular weight is 408 g/mol. The fraction of sp³-hybridized carbons (Fsp3) is 0.400. The molecule has 0 radical (unpaired) electrons. The second-order valence-electron chi connectivity index (χ2n) is 4.16. The van der Waals surface area contributed by atoms with E-state index >= 15 is 0 Å². The van der Waals surface area contributed by atoms with Gasteiger partial charge < -0.3 is 10.6 Å². The van der Waals surface area contributed by atoms with Crippen molar-refractivity contribution in [1.82, 2.24) is 10.6 Å². The summed E-state index contributed by atoms with van der Waals surface area (Å²) in [6.45, 7) is 3.75. The summed E-state index contributed by atoms with van der Waals surface area (Å²) < 4.78 is 0. The van der Waals surface area contributed by atoms with Gasteiger partial charge in [0.25, 0.3) is 0 Å². The van der Waals surface area contributed by atoms with Crippen molar-refractivity contribution < 1.29 is 0 Å². The molecule has 0 spiro atoms. The van der Waals surface area contributed by atoms with Gasteiger partial charge in [-0.1, -0.05) is 35.9 Å². The molecule has 0 unspecified atom stereocenters. The highest BCUT2D eigenvalue weighted by molar-refractivity contribution is 14.0. The third-order valence-corrected chi connectivity index (χ3v) is 2.89. The third-order valence-electron chi connectivity index (χ3n) is 2.66. The van der Waals surface area contributed by atoms with E-state index in [0.29, 0.717) is 0 Å². The first-order valence-electron chi connectivity index (χ1n) is 6.56. The lowest BCUT2D eigenvalue weighted by atomic mass is 10.1. The van der Waals surface area contributed by atoms with Crippen LogP contribution in [0.5, 0.6) is 0 Å². The van der Waals surface area contributed by atoms with Crippen LogP contribution in [0.15, 0.2) is 41.4 Å². The van der Waals surface area contributed by atoms with Crippen molar-refractivity contribution in [3.63, 3.8) is 0 Å². The number of aliphatic imine (C=N–C) groups is 1. The van der Waals surface area contributed by atoms with Crippen LogP contribution in [0.2, 0.25) is 5.02 Å². The number of hydrogen-bond donors (Lipinski definition) is 2. The Hall–Kier alpha value is -0.750. The SMILES string of the molecule is C/C=C/CCNC(=NC)NCCc1cccc(Cl)c1.I. The summed E-state index contributed by atoms with van der Waals surface area (Å²) in [5.74, 6) is 0.839. The number of nitrogens with zero attached hydrogens (tertiary/aromatic N) is 1. The van der Waals surface area contributed by atoms with Crippen LogP contribution in [0, 0.1) is 0 Å². The van der Waals surface area contributed by atoms with Gasteiger partial charge in [0.2, 0.25) is 0 Å². The quantitative estimate of drug-likeness (QED) is 0.248. The van der Waals surface area contributed by atoms with Gasteiger partial charge in [-0.05, 0) is 37.5 Å². The first-order chi connectivity index (χ1) is 9.26. The van der Waals surface area contributed by atoms with Gasteiger partial charge in [-0.25, -0.2) is 0 Å². The summed E-state index contributed by atoms with van der Waals surface area (Å²) in [6, 6.07) is 7.93. The lowest BCUT2D eigenvalue weighted by molar-refractivity contribution is 0.791. The van der Waals surface area contributed by atoms with Gasteiger partial charge in [0.05, 0.1) is 0 Å². The Morgan fingerprint density at radius 1 is 1.30 bits per heavy atom. The average Bonchev–Trinajstić information content (AvgIpc) is 2.41. The van der Waals surface area contributed by atoms with E-state index in [4.69, 9.17) is 11.6 Å². The predicted octanol–water partition coefficient (Wildman–Crippen LogP) is 3.63. The Bertz CT molecular complexity index is 433. The molecule has 0 saturated heterocycles. The van der Waals surface area contributed by atoms with Gasteiger partial charge in [-0.2, -0.15) is 0 Å². The van der Waals surface area contributed by atoms with Gasteiger partial charge in [-0.3, -0.25) is 4.99 Å². The van der Waals surface area contributed by atoms with E-state index in [9.17, 15) is 0 Å². The minimum atomic E-state index is 0. The second-order valence-corrected chi connectivity index (χ2v) is 4.60. The molecule has 20 heavy (non-hydrogen) atoms. The molecule has 0 atom stereocenters. The number of nitrogens with one attached hydrogen (secondary N) is 2. The Labute approximate surface area is 143 Å². The Morgan fingerprint density at radius 2 is 2.05 bits per heavy atom. The van der Waals surface area contributed by atoms with Crippen LogP contribution in [0.1, 0.15) is 18.9 Å². The highest BCUT2D eigenvalue weighted by Crippen LogP contribution is 2.10. The Kier molecular flexibility index (Phi) is 11.6. The topological polar surface area (TPSA) is 36.4 Å². The lowest BCUT2D eigenvalue weighted by Gasteiger charge is -2.11. The van der Waals surface area contributed by atoms with Crippen LogP contribution in [0.3, 0.4) is 0 Å². The van der Waals surface area contributed by atoms with Crippen LogP contribution in [0.4, 0.5) is 0 Å². The molecular weight excluding hydrogens is 385 g/mol. The third kappa shape index (κ3) is 8.43. The van der Waals surface area contributed by atoms with Crippen LogP contribution in [-0.4, -0.2) is 26.1 Å². The van der Waals surface area contributed by atoms with E-state index in [1.165, 1.54) is 5.56 Å². The minimum Gasteiger partial charge on any atom is -0.356 e. The van der Waals surface area contributed by atoms with E-state index in [2.05, 4.69) is 33.8 Å². The monoisotopic (exact) mass is 407 g/mol. The molecule has 1 aromatic rings. The van der Waals surface area contributed by atoms with Gasteiger partial charge in [0, 0.05) is 25.2 Å². The van der Waals surface area contributed by atoms with Crippen molar-refractivity contribution >= 4 is 41.5 Å². The number of rotatable bonds is 6. The molecule has 1 aromatic carbocycles. The fourth-order valence-electron chi connectivity index (χ4n) is 1.68. The molecule has 0 fully saturated rings. The van der Waals surface area contributed by atoms with E-state index < -0.39 is 0 Å². The highest BCUT2D eigenvalue weighted by atomic mass is 127. The number of allylic oxidation sites excluding steroid dienone is 1. The molecule has 112 valence electrons. The van der Waals surface area contributed by atoms with Gasteiger partial charge in [-0.15, -0.1) is 24.0 Å². The van der Waals surface area contributed by atoms with Crippen molar-refractivity contribution in [2.45, 2.75) is 19.8 Å². The predicted molar refractivity (Wildman–Crippen MR) is 99.4 cm³/mol. The van der Waals surface area contributed by atoms with Gasteiger partial charge in [0.1, 0.15) is 0 Å². The van der Waals surface area contributed by atoms with Crippen molar-refractivity contribution in [1.29, 1.82) is 0 Å². The van der Waals surface area contributed by atoms with E-state index in [-0.39, 0.29) is 24.0 Å². The zero-order chi connectivity index (χ0) is 13.9. The number of halogens is 2. The standard InChI is InChI=1S/C15H22ClN3.HI/c1-3-4-5-10-18-15(17-2)19-11-9-13-7-6-8-14(16)12-13;/h3-4,6-8,12H,5,9-11H2,1-2H3,(H2,17,18,19);1H/b4-3+;. The molecule has 3 nitrogen and oxygen atoms in total. The Morgan fingerprint density at radius 3 is 2.70 bits per heavy atom. The van der Waals surface area contributed by atoms with Crippen molar-refractivity contribution in [2.75, 3.05) is 20.1 Å². The molecule has 1 rings (SSSR count). The first-order valence-corrected chi connectivity index (χ1v) is 6.94. The molecule has 0 saturated carbocycles. The zero-order valence-corrected chi connectivity index (χ0v) is 15.1. The molecule has 0 bridgehead atoms.